The quantitative estimate of drug-likeness (QED) is 0.822. The van der Waals surface area contributed by atoms with Crippen molar-refractivity contribution in [1.29, 1.82) is 0 Å². The molecule has 0 fully saturated rings. The van der Waals surface area contributed by atoms with Crippen LogP contribution in [0.15, 0.2) is 24.3 Å². The van der Waals surface area contributed by atoms with Crippen molar-refractivity contribution in [3.63, 3.8) is 0 Å². The average Bonchev–Trinajstić information content (AvgIpc) is 2.34. The van der Waals surface area contributed by atoms with Gasteiger partial charge in [0.15, 0.2) is 0 Å². The number of amides is 1. The van der Waals surface area contributed by atoms with Crippen molar-refractivity contribution in [2.45, 2.75) is 12.6 Å². The van der Waals surface area contributed by atoms with Gasteiger partial charge in [0.2, 0.25) is 10.0 Å². The van der Waals surface area contributed by atoms with Gasteiger partial charge >= 0.3 is 6.18 Å². The molecular formula is C12H15F3N2O3S. The number of halogens is 3. The average molecular weight is 324 g/mol. The van der Waals surface area contributed by atoms with E-state index in [1.165, 1.54) is 12.1 Å². The first-order valence-corrected chi connectivity index (χ1v) is 7.84. The van der Waals surface area contributed by atoms with Gasteiger partial charge in [-0.05, 0) is 24.1 Å². The summed E-state index contributed by atoms with van der Waals surface area (Å²) in [5.41, 5.74) is 0.873. The van der Waals surface area contributed by atoms with Gasteiger partial charge in [-0.1, -0.05) is 12.1 Å². The Kier molecular flexibility index (Phi) is 5.73. The van der Waals surface area contributed by atoms with Crippen LogP contribution in [0.5, 0.6) is 0 Å². The third kappa shape index (κ3) is 7.66. The molecule has 21 heavy (non-hydrogen) atoms. The lowest BCUT2D eigenvalue weighted by Crippen LogP contribution is -2.33. The Morgan fingerprint density at radius 1 is 1.19 bits per heavy atom. The van der Waals surface area contributed by atoms with Gasteiger partial charge in [0.25, 0.3) is 5.91 Å². The van der Waals surface area contributed by atoms with Gasteiger partial charge in [-0.15, -0.1) is 0 Å². The zero-order valence-corrected chi connectivity index (χ0v) is 12.0. The lowest BCUT2D eigenvalue weighted by molar-refractivity contribution is -0.123. The Morgan fingerprint density at radius 3 is 2.24 bits per heavy atom. The lowest BCUT2D eigenvalue weighted by atomic mass is 10.1. The van der Waals surface area contributed by atoms with Crippen molar-refractivity contribution in [1.82, 2.24) is 10.0 Å². The summed E-state index contributed by atoms with van der Waals surface area (Å²) in [6, 6.07) is 5.90. The molecule has 2 N–H and O–H groups in total. The first kappa shape index (κ1) is 17.4. The van der Waals surface area contributed by atoms with Crippen molar-refractivity contribution in [3.05, 3.63) is 35.4 Å². The highest BCUT2D eigenvalue weighted by molar-refractivity contribution is 7.88. The third-order valence-corrected chi connectivity index (χ3v) is 3.17. The smallest absolute Gasteiger partial charge is 0.343 e. The van der Waals surface area contributed by atoms with E-state index in [4.69, 9.17) is 0 Å². The standard InChI is InChI=1S/C12H15F3N2O3S/c1-21(19,20)17-7-6-9-2-4-10(5-3-9)11(18)16-8-12(13,14)15/h2-5,17H,6-8H2,1H3,(H,16,18). The molecule has 0 saturated heterocycles. The highest BCUT2D eigenvalue weighted by Crippen LogP contribution is 2.13. The fourth-order valence-corrected chi connectivity index (χ4v) is 1.96. The molecule has 0 aliphatic heterocycles. The van der Waals surface area contributed by atoms with Crippen LogP contribution in [0.3, 0.4) is 0 Å². The number of rotatable bonds is 6. The van der Waals surface area contributed by atoms with Crippen LogP contribution < -0.4 is 10.0 Å². The number of carbonyl (C=O) groups excluding carboxylic acids is 1. The predicted octanol–water partition coefficient (Wildman–Crippen LogP) is 1.07. The molecule has 1 amide bonds. The van der Waals surface area contributed by atoms with E-state index in [0.717, 1.165) is 11.8 Å². The summed E-state index contributed by atoms with van der Waals surface area (Å²) in [7, 11) is -3.26. The van der Waals surface area contributed by atoms with E-state index in [0.29, 0.717) is 6.42 Å². The second kappa shape index (κ2) is 6.90. The maximum atomic E-state index is 12.0. The summed E-state index contributed by atoms with van der Waals surface area (Å²) in [4.78, 5) is 11.4. The van der Waals surface area contributed by atoms with E-state index in [9.17, 15) is 26.4 Å². The second-order valence-electron chi connectivity index (χ2n) is 4.41. The van der Waals surface area contributed by atoms with Gasteiger partial charge in [0.05, 0.1) is 6.26 Å². The zero-order valence-electron chi connectivity index (χ0n) is 11.2. The Bertz CT molecular complexity index is 583. The van der Waals surface area contributed by atoms with Crippen LogP contribution in [-0.2, 0) is 16.4 Å². The molecule has 1 aromatic carbocycles. The van der Waals surface area contributed by atoms with Gasteiger partial charge in [0, 0.05) is 12.1 Å². The number of alkyl halides is 3. The Morgan fingerprint density at radius 2 is 1.76 bits per heavy atom. The van der Waals surface area contributed by atoms with Crippen LogP contribution in [0.4, 0.5) is 13.2 Å². The summed E-state index contributed by atoms with van der Waals surface area (Å²) < 4.78 is 59.9. The van der Waals surface area contributed by atoms with Gasteiger partial charge in [-0.25, -0.2) is 13.1 Å². The fraction of sp³-hybridized carbons (Fsp3) is 0.417. The van der Waals surface area contributed by atoms with E-state index in [-0.39, 0.29) is 12.1 Å². The van der Waals surface area contributed by atoms with Gasteiger partial charge in [-0.2, -0.15) is 13.2 Å². The molecule has 9 heteroatoms. The second-order valence-corrected chi connectivity index (χ2v) is 6.24. The van der Waals surface area contributed by atoms with Crippen LogP contribution in [0.1, 0.15) is 15.9 Å². The van der Waals surface area contributed by atoms with E-state index >= 15 is 0 Å². The number of hydrogen-bond acceptors (Lipinski definition) is 3. The molecule has 0 spiro atoms. The molecule has 0 aromatic heterocycles. The van der Waals surface area contributed by atoms with Crippen molar-refractivity contribution in [3.8, 4) is 0 Å². The van der Waals surface area contributed by atoms with Crippen LogP contribution >= 0.6 is 0 Å². The SMILES string of the molecule is CS(=O)(=O)NCCc1ccc(C(=O)NCC(F)(F)F)cc1. The van der Waals surface area contributed by atoms with Crippen molar-refractivity contribution < 1.29 is 26.4 Å². The molecule has 0 aliphatic rings. The lowest BCUT2D eigenvalue weighted by Gasteiger charge is -2.09. The topological polar surface area (TPSA) is 75.3 Å². The minimum absolute atomic E-state index is 0.110. The molecule has 1 rings (SSSR count). The van der Waals surface area contributed by atoms with Crippen molar-refractivity contribution in [2.24, 2.45) is 0 Å². The summed E-state index contributed by atoms with van der Waals surface area (Å²) >= 11 is 0. The molecule has 0 radical (unpaired) electrons. The molecule has 0 atom stereocenters. The molecule has 1 aromatic rings. The van der Waals surface area contributed by atoms with Crippen molar-refractivity contribution >= 4 is 15.9 Å². The van der Waals surface area contributed by atoms with Gasteiger partial charge < -0.3 is 5.32 Å². The van der Waals surface area contributed by atoms with E-state index < -0.39 is 28.7 Å². The van der Waals surface area contributed by atoms with E-state index in [1.807, 2.05) is 0 Å². The first-order chi connectivity index (χ1) is 9.57. The predicted molar refractivity (Wildman–Crippen MR) is 71.4 cm³/mol. The maximum Gasteiger partial charge on any atom is 0.405 e. The monoisotopic (exact) mass is 324 g/mol. The van der Waals surface area contributed by atoms with Crippen LogP contribution in [0, 0.1) is 0 Å². The number of sulfonamides is 1. The molecule has 0 unspecified atom stereocenters. The zero-order chi connectivity index (χ0) is 16.1. The molecule has 0 bridgehead atoms. The first-order valence-electron chi connectivity index (χ1n) is 5.95. The third-order valence-electron chi connectivity index (χ3n) is 2.44. The molecule has 0 heterocycles. The van der Waals surface area contributed by atoms with Gasteiger partial charge in [-0.3, -0.25) is 4.79 Å². The largest absolute Gasteiger partial charge is 0.405 e. The molecule has 118 valence electrons. The summed E-state index contributed by atoms with van der Waals surface area (Å²) in [6.07, 6.45) is -2.99. The molecule has 5 nitrogen and oxygen atoms in total. The number of hydrogen-bond donors (Lipinski definition) is 2. The van der Waals surface area contributed by atoms with Crippen molar-refractivity contribution in [2.75, 3.05) is 19.3 Å². The van der Waals surface area contributed by atoms with Crippen LogP contribution in [-0.4, -0.2) is 39.8 Å². The number of benzene rings is 1. The maximum absolute atomic E-state index is 12.0. The van der Waals surface area contributed by atoms with Gasteiger partial charge in [0.1, 0.15) is 6.54 Å². The molecular weight excluding hydrogens is 309 g/mol. The van der Waals surface area contributed by atoms with Crippen LogP contribution in [0.2, 0.25) is 0 Å². The summed E-state index contributed by atoms with van der Waals surface area (Å²) in [5, 5.41) is 1.77. The molecule has 0 aliphatic carbocycles. The Balaban J connectivity index is 2.52. The Labute approximate surface area is 120 Å². The number of nitrogens with one attached hydrogen (secondary N) is 2. The molecule has 0 saturated carbocycles. The summed E-state index contributed by atoms with van der Waals surface area (Å²) in [6.45, 7) is -1.18. The summed E-state index contributed by atoms with van der Waals surface area (Å²) in [5.74, 6) is -0.812. The fourth-order valence-electron chi connectivity index (χ4n) is 1.49. The normalized spacial score (nSPS) is 12.2. The minimum Gasteiger partial charge on any atom is -0.343 e. The van der Waals surface area contributed by atoms with E-state index in [1.54, 1.807) is 17.4 Å². The van der Waals surface area contributed by atoms with Crippen LogP contribution in [0.25, 0.3) is 0 Å². The minimum atomic E-state index is -4.45. The highest BCUT2D eigenvalue weighted by atomic mass is 32.2. The van der Waals surface area contributed by atoms with E-state index in [2.05, 4.69) is 4.72 Å². The Hall–Kier alpha value is -1.61. The highest BCUT2D eigenvalue weighted by Gasteiger charge is 2.27. The number of carbonyl (C=O) groups is 1.